The Morgan fingerprint density at radius 3 is 1.98 bits per heavy atom. The zero-order valence-electron chi connectivity index (χ0n) is 53.8. The van der Waals surface area contributed by atoms with Crippen molar-refractivity contribution in [3.63, 3.8) is 0 Å². The minimum atomic E-state index is -2.05. The summed E-state index contributed by atoms with van der Waals surface area (Å²) in [7, 11) is 5.94. The SMILES string of the molecule is COCCCCCCCOc1ccc(-c2nnc(-c3ccc(C(=O)N[C@H]4C[C@H](O)CNC(=O)[C@@H]5[C@@H](O)[C@H](C)CN5C(=O)[C@H]([C@H](O)CCNC5CC[N+](C)(C)CC5)NC(=O)[C@H]([C@H](O)Cc5ccc(O)c(O)c5)NC(=O)[C@@H]5C[C@H](O)CN5C(=O)[C@H]([C@H](C)O)NC4=O)cc3)s2)cc1. The Bertz CT molecular complexity index is 3220. The lowest BCUT2D eigenvalue weighted by Crippen LogP contribution is -2.64. The number of nitrogens with one attached hydrogen (secondary N) is 6. The fourth-order valence-corrected chi connectivity index (χ4v) is 13.1. The van der Waals surface area contributed by atoms with Gasteiger partial charge in [-0.1, -0.05) is 55.7 Å². The van der Waals surface area contributed by atoms with Crippen LogP contribution in [0.4, 0.5) is 0 Å². The van der Waals surface area contributed by atoms with Crippen molar-refractivity contribution in [3.8, 4) is 38.4 Å². The molecule has 13 atom stereocenters. The first-order valence-corrected chi connectivity index (χ1v) is 33.0. The van der Waals surface area contributed by atoms with Gasteiger partial charge in [-0.05, 0) is 86.8 Å². The molecule has 94 heavy (non-hydrogen) atoms. The number of aromatic hydroxyl groups is 2. The average molecular weight is 1330 g/mol. The molecular formula is C65H92N11O17S+. The number of rotatable bonds is 22. The second-order valence-electron chi connectivity index (χ2n) is 25.8. The van der Waals surface area contributed by atoms with E-state index in [-0.39, 0.29) is 36.7 Å². The van der Waals surface area contributed by atoms with Crippen molar-refractivity contribution in [1.82, 2.24) is 51.9 Å². The van der Waals surface area contributed by atoms with Crippen molar-refractivity contribution in [2.45, 2.75) is 163 Å². The third-order valence-electron chi connectivity index (χ3n) is 18.0. The topological polar surface area (TPSA) is 404 Å². The van der Waals surface area contributed by atoms with Gasteiger partial charge in [0.25, 0.3) is 5.91 Å². The van der Waals surface area contributed by atoms with E-state index in [1.54, 1.807) is 26.2 Å². The van der Waals surface area contributed by atoms with E-state index >= 15 is 4.79 Å². The third-order valence-corrected chi connectivity index (χ3v) is 19.0. The van der Waals surface area contributed by atoms with Crippen LogP contribution in [-0.2, 0) is 39.9 Å². The van der Waals surface area contributed by atoms with Crippen LogP contribution >= 0.6 is 11.3 Å². The van der Waals surface area contributed by atoms with Crippen molar-refractivity contribution in [2.75, 3.05) is 73.7 Å². The zero-order chi connectivity index (χ0) is 68.0. The van der Waals surface area contributed by atoms with Gasteiger partial charge in [0, 0.05) is 94.1 Å². The molecule has 514 valence electrons. The number of amides is 7. The number of carbonyl (C=O) groups is 7. The zero-order valence-corrected chi connectivity index (χ0v) is 54.6. The summed E-state index contributed by atoms with van der Waals surface area (Å²) < 4.78 is 11.9. The van der Waals surface area contributed by atoms with Crippen molar-refractivity contribution in [3.05, 3.63) is 77.9 Å². The Kier molecular flexibility index (Phi) is 25.6. The lowest BCUT2D eigenvalue weighted by atomic mass is 9.98. The highest BCUT2D eigenvalue weighted by Crippen LogP contribution is 2.33. The maximum atomic E-state index is 15.1. The van der Waals surface area contributed by atoms with Gasteiger partial charge in [-0.2, -0.15) is 0 Å². The maximum Gasteiger partial charge on any atom is 0.251 e. The molecule has 28 nitrogen and oxygen atoms in total. The van der Waals surface area contributed by atoms with Crippen molar-refractivity contribution < 1.29 is 88.4 Å². The van der Waals surface area contributed by atoms with E-state index in [0.29, 0.717) is 22.2 Å². The lowest BCUT2D eigenvalue weighted by Gasteiger charge is -2.37. The number of aromatic nitrogens is 2. The molecule has 1 aromatic heterocycles. The average Bonchev–Trinajstić information content (AvgIpc) is 1.63. The number of ether oxygens (including phenoxy) is 2. The smallest absolute Gasteiger partial charge is 0.251 e. The molecule has 14 N–H and O–H groups in total. The van der Waals surface area contributed by atoms with Gasteiger partial charge < -0.3 is 96.5 Å². The van der Waals surface area contributed by atoms with Crippen LogP contribution in [0.3, 0.4) is 0 Å². The molecule has 3 aromatic carbocycles. The first-order valence-electron chi connectivity index (χ1n) is 32.2. The van der Waals surface area contributed by atoms with Crippen LogP contribution in [0.5, 0.6) is 17.2 Å². The molecule has 4 saturated heterocycles. The molecule has 5 heterocycles. The molecule has 0 aliphatic carbocycles. The number of piperidine rings is 1. The number of benzene rings is 3. The van der Waals surface area contributed by atoms with Crippen LogP contribution in [0.1, 0.15) is 94.0 Å². The lowest BCUT2D eigenvalue weighted by molar-refractivity contribution is -0.895. The molecule has 0 unspecified atom stereocenters. The van der Waals surface area contributed by atoms with Gasteiger partial charge in [-0.15, -0.1) is 10.2 Å². The second kappa shape index (κ2) is 33.3. The first kappa shape index (κ1) is 72.4. The summed E-state index contributed by atoms with van der Waals surface area (Å²) in [5.74, 6) is -8.61. The number of hydrogen-bond acceptors (Lipinski definition) is 21. The third kappa shape index (κ3) is 19.2. The fraction of sp³-hybridized carbons (Fsp3) is 0.585. The fourth-order valence-electron chi connectivity index (χ4n) is 12.3. The molecule has 4 fully saturated rings. The summed E-state index contributed by atoms with van der Waals surface area (Å²) in [6.45, 7) is 4.52. The second-order valence-corrected chi connectivity index (χ2v) is 26.8. The number of nitrogens with zero attached hydrogens (tertiary/aromatic N) is 5. The first-order chi connectivity index (χ1) is 44.8. The molecule has 7 amide bonds. The summed E-state index contributed by atoms with van der Waals surface area (Å²) >= 11 is 1.31. The Morgan fingerprint density at radius 1 is 0.713 bits per heavy atom. The maximum absolute atomic E-state index is 15.1. The number of aliphatic hydroxyl groups is 6. The molecule has 4 aliphatic heterocycles. The van der Waals surface area contributed by atoms with Crippen LogP contribution in [0.25, 0.3) is 21.1 Å². The van der Waals surface area contributed by atoms with E-state index in [0.717, 1.165) is 109 Å². The summed E-state index contributed by atoms with van der Waals surface area (Å²) in [4.78, 5) is 104. The van der Waals surface area contributed by atoms with Crippen molar-refractivity contribution in [1.29, 1.82) is 0 Å². The summed E-state index contributed by atoms with van der Waals surface area (Å²) in [6, 6.07) is 6.36. The van der Waals surface area contributed by atoms with E-state index in [1.165, 1.54) is 29.5 Å². The predicted molar refractivity (Wildman–Crippen MR) is 343 cm³/mol. The molecule has 4 aliphatic rings. The molecule has 0 spiro atoms. The highest BCUT2D eigenvalue weighted by atomic mass is 32.1. The van der Waals surface area contributed by atoms with Crippen LogP contribution < -0.4 is 36.6 Å². The largest absolute Gasteiger partial charge is 0.504 e. The Balaban J connectivity index is 1.05. The number of aliphatic hydroxyl groups excluding tert-OH is 6. The number of quaternary nitrogens is 1. The number of methoxy groups -OCH3 is 1. The monoisotopic (exact) mass is 1330 g/mol. The van der Waals surface area contributed by atoms with E-state index in [1.807, 2.05) is 24.3 Å². The van der Waals surface area contributed by atoms with E-state index in [9.17, 15) is 69.6 Å². The van der Waals surface area contributed by atoms with Gasteiger partial charge in [-0.3, -0.25) is 33.6 Å². The number of hydrogen-bond donors (Lipinski definition) is 14. The highest BCUT2D eigenvalue weighted by molar-refractivity contribution is 7.17. The number of β-amino-alcohol motifs (C(OH)–C–C–N with tert-alkyl or cyclic N) is 1. The number of phenols is 2. The molecule has 0 bridgehead atoms. The summed E-state index contributed by atoms with van der Waals surface area (Å²) in [5.41, 5.74) is 1.60. The molecular weight excluding hydrogens is 1240 g/mol. The minimum Gasteiger partial charge on any atom is -0.504 e. The van der Waals surface area contributed by atoms with Gasteiger partial charge in [-0.25, -0.2) is 0 Å². The molecule has 4 aromatic rings. The summed E-state index contributed by atoms with van der Waals surface area (Å²) in [5, 5.41) is 116. The van der Waals surface area contributed by atoms with Gasteiger partial charge in [0.2, 0.25) is 35.4 Å². The quantitative estimate of drug-likeness (QED) is 0.0266. The molecule has 0 saturated carbocycles. The van der Waals surface area contributed by atoms with Gasteiger partial charge in [0.15, 0.2) is 11.5 Å². The van der Waals surface area contributed by atoms with Crippen LogP contribution in [0.2, 0.25) is 0 Å². The number of phenolic OH excluding ortho intramolecular Hbond substituents is 2. The van der Waals surface area contributed by atoms with Crippen molar-refractivity contribution in [2.24, 2.45) is 5.92 Å². The normalized spacial score (nSPS) is 26.2. The van der Waals surface area contributed by atoms with Crippen LogP contribution in [-0.4, -0.2) is 259 Å². The van der Waals surface area contributed by atoms with Crippen LogP contribution in [0, 0.1) is 5.92 Å². The number of unbranched alkanes of at least 4 members (excludes halogenated alkanes) is 4. The Hall–Kier alpha value is -7.45. The Morgan fingerprint density at radius 2 is 1.33 bits per heavy atom. The van der Waals surface area contributed by atoms with E-state index in [2.05, 4.69) is 56.2 Å². The molecule has 8 rings (SSSR count). The van der Waals surface area contributed by atoms with E-state index in [4.69, 9.17) is 9.47 Å². The van der Waals surface area contributed by atoms with Crippen molar-refractivity contribution >= 4 is 52.7 Å². The van der Waals surface area contributed by atoms with Gasteiger partial charge >= 0.3 is 0 Å². The standard InChI is InChI=1S/C65H91N11O17S/c1-36-34-75-55(56(36)84)61(89)67-33-43(78)31-46(68-57(85)39-12-14-40(15-13-39)62-72-73-63(94-62)41-16-18-45(19-17-41)93-28-10-8-6-7-9-27-92-5)58(86)69-52(37(2)77)64(90)74-35-44(79)32-47(74)59(87)70-53(51(83)30-38-11-20-48(80)50(82)29-38)60(88)71-54(65(75)91)49(81)21-24-66-42-22-25-76(3,4)26-23-42/h11-20,29,36-37,42-44,46-47,49,51-56,66,77-79,81,83-84H,6-10,21-28,30-35H2,1-5H3,(H6-,67,68,69,70,71,72,80,82,85,86,87,88,89)/p+1/t36-,37+,43+,44+,46+,47+,49-,51-,52+,53+,54+,55+,56+/m1/s1. The van der Waals surface area contributed by atoms with E-state index < -0.39 is 164 Å². The van der Waals surface area contributed by atoms with Gasteiger partial charge in [0.05, 0.1) is 70.4 Å². The highest BCUT2D eigenvalue weighted by Gasteiger charge is 2.50. The minimum absolute atomic E-state index is 0.0373. The van der Waals surface area contributed by atoms with Crippen LogP contribution in [0.15, 0.2) is 66.7 Å². The summed E-state index contributed by atoms with van der Waals surface area (Å²) in [6.07, 6.45) is -4.84. The number of fused-ring (bicyclic) bond motifs is 2. The number of carbonyl (C=O) groups excluding carboxylic acids is 7. The predicted octanol–water partition coefficient (Wildman–Crippen LogP) is -0.574. The molecule has 29 heteroatoms. The van der Waals surface area contributed by atoms with Gasteiger partial charge in [0.1, 0.15) is 52.0 Å². The Labute approximate surface area is 550 Å². The number of likely N-dealkylation sites (tertiary alicyclic amines) is 1. The molecule has 0 radical (unpaired) electrons.